The quantitative estimate of drug-likeness (QED) is 0.525. The molecule has 0 fully saturated rings. The van der Waals surface area contributed by atoms with Crippen LogP contribution in [-0.2, 0) is 5.75 Å². The summed E-state index contributed by atoms with van der Waals surface area (Å²) in [6.45, 7) is 4.38. The molecule has 1 atom stereocenters. The van der Waals surface area contributed by atoms with Crippen LogP contribution < -0.4 is 10.1 Å². The number of fused-ring (bicyclic) bond motifs is 1. The molecular formula is C21H20BrN3O3S. The minimum atomic E-state index is -0.141. The monoisotopic (exact) mass is 473 g/mol. The highest BCUT2D eigenvalue weighted by atomic mass is 79.9. The zero-order valence-electron chi connectivity index (χ0n) is 16.1. The van der Waals surface area contributed by atoms with Crippen molar-refractivity contribution in [3.05, 3.63) is 69.1 Å². The summed E-state index contributed by atoms with van der Waals surface area (Å²) in [6, 6.07) is 9.34. The summed E-state index contributed by atoms with van der Waals surface area (Å²) in [5, 5.41) is 7.83. The summed E-state index contributed by atoms with van der Waals surface area (Å²) in [7, 11) is 0. The van der Waals surface area contributed by atoms with Gasteiger partial charge in [0.15, 0.2) is 0 Å². The van der Waals surface area contributed by atoms with Gasteiger partial charge >= 0.3 is 0 Å². The van der Waals surface area contributed by atoms with Crippen LogP contribution in [0.2, 0.25) is 0 Å². The van der Waals surface area contributed by atoms with Crippen molar-refractivity contribution in [1.82, 2.24) is 15.5 Å². The first-order valence-corrected chi connectivity index (χ1v) is 11.0. The standard InChI is InChI=1S/C21H20BrN3O3S/c1-12-17(13(2)28-25-12)11-29-21-15(4-3-8-23-21)20(26)24-18-7-9-27-19-6-5-14(22)10-16(18)19/h3-6,8,10,18H,7,9,11H2,1-2H3,(H,24,26). The van der Waals surface area contributed by atoms with E-state index in [0.717, 1.165) is 39.2 Å². The van der Waals surface area contributed by atoms with Crippen LogP contribution in [0.1, 0.15) is 45.4 Å². The van der Waals surface area contributed by atoms with Crippen molar-refractivity contribution in [3.8, 4) is 5.75 Å². The average molecular weight is 474 g/mol. The molecule has 4 rings (SSSR count). The van der Waals surface area contributed by atoms with Crippen molar-refractivity contribution >= 4 is 33.6 Å². The fourth-order valence-corrected chi connectivity index (χ4v) is 4.80. The van der Waals surface area contributed by atoms with Gasteiger partial charge in [0.05, 0.1) is 23.9 Å². The summed E-state index contributed by atoms with van der Waals surface area (Å²) >= 11 is 5.00. The van der Waals surface area contributed by atoms with Gasteiger partial charge in [-0.2, -0.15) is 0 Å². The van der Waals surface area contributed by atoms with Crippen molar-refractivity contribution in [1.29, 1.82) is 0 Å². The number of carbonyl (C=O) groups is 1. The summed E-state index contributed by atoms with van der Waals surface area (Å²) in [6.07, 6.45) is 2.42. The lowest BCUT2D eigenvalue weighted by Crippen LogP contribution is -2.32. The second kappa shape index (κ2) is 8.59. The molecule has 0 saturated heterocycles. The second-order valence-electron chi connectivity index (χ2n) is 6.79. The number of amides is 1. The van der Waals surface area contributed by atoms with Crippen LogP contribution in [0.25, 0.3) is 0 Å². The molecule has 0 spiro atoms. The van der Waals surface area contributed by atoms with E-state index in [9.17, 15) is 4.79 Å². The van der Waals surface area contributed by atoms with Gasteiger partial charge in [-0.3, -0.25) is 4.79 Å². The third-order valence-corrected chi connectivity index (χ3v) is 6.39. The lowest BCUT2D eigenvalue weighted by Gasteiger charge is -2.27. The molecule has 1 amide bonds. The number of aromatic nitrogens is 2. The third-order valence-electron chi connectivity index (χ3n) is 4.87. The van der Waals surface area contributed by atoms with E-state index in [1.807, 2.05) is 32.0 Å². The molecule has 1 aliphatic heterocycles. The molecule has 0 radical (unpaired) electrons. The van der Waals surface area contributed by atoms with Crippen LogP contribution in [0, 0.1) is 13.8 Å². The van der Waals surface area contributed by atoms with Crippen molar-refractivity contribution in [2.75, 3.05) is 6.61 Å². The van der Waals surface area contributed by atoms with E-state index in [1.165, 1.54) is 11.8 Å². The van der Waals surface area contributed by atoms with E-state index in [2.05, 4.69) is 31.4 Å². The number of halogens is 1. The smallest absolute Gasteiger partial charge is 0.254 e. The van der Waals surface area contributed by atoms with Gasteiger partial charge in [-0.25, -0.2) is 4.98 Å². The Hall–Kier alpha value is -2.32. The molecule has 150 valence electrons. The maximum absolute atomic E-state index is 13.1. The second-order valence-corrected chi connectivity index (χ2v) is 8.67. The first kappa shape index (κ1) is 20.0. The number of ether oxygens (including phenoxy) is 1. The number of pyridine rings is 1. The molecule has 0 bridgehead atoms. The number of nitrogens with one attached hydrogen (secondary N) is 1. The van der Waals surface area contributed by atoms with E-state index in [-0.39, 0.29) is 11.9 Å². The minimum Gasteiger partial charge on any atom is -0.493 e. The number of hydrogen-bond acceptors (Lipinski definition) is 6. The Kier molecular flexibility index (Phi) is 5.91. The highest BCUT2D eigenvalue weighted by Crippen LogP contribution is 2.35. The Labute approximate surface area is 181 Å². The molecule has 2 aromatic heterocycles. The lowest BCUT2D eigenvalue weighted by atomic mass is 10.0. The Morgan fingerprint density at radius 3 is 3.00 bits per heavy atom. The lowest BCUT2D eigenvalue weighted by molar-refractivity contribution is 0.0921. The normalized spacial score (nSPS) is 15.5. The molecule has 6 nitrogen and oxygen atoms in total. The molecule has 3 aromatic rings. The van der Waals surface area contributed by atoms with Gasteiger partial charge in [-0.1, -0.05) is 21.1 Å². The van der Waals surface area contributed by atoms with Gasteiger partial charge in [0.2, 0.25) is 0 Å². The minimum absolute atomic E-state index is 0.107. The van der Waals surface area contributed by atoms with Crippen molar-refractivity contribution in [3.63, 3.8) is 0 Å². The molecule has 3 heterocycles. The van der Waals surface area contributed by atoms with Gasteiger partial charge in [-0.05, 0) is 44.2 Å². The van der Waals surface area contributed by atoms with E-state index in [0.29, 0.717) is 22.9 Å². The topological polar surface area (TPSA) is 77.2 Å². The summed E-state index contributed by atoms with van der Waals surface area (Å²) < 4.78 is 11.9. The van der Waals surface area contributed by atoms with Crippen molar-refractivity contribution in [2.45, 2.75) is 37.1 Å². The zero-order chi connectivity index (χ0) is 20.4. The number of benzene rings is 1. The number of carbonyl (C=O) groups excluding carboxylic acids is 1. The van der Waals surface area contributed by atoms with E-state index in [4.69, 9.17) is 9.26 Å². The Morgan fingerprint density at radius 2 is 2.21 bits per heavy atom. The van der Waals surface area contributed by atoms with E-state index in [1.54, 1.807) is 18.3 Å². The fraction of sp³-hybridized carbons (Fsp3) is 0.286. The van der Waals surface area contributed by atoms with Crippen LogP contribution in [0.3, 0.4) is 0 Å². The van der Waals surface area contributed by atoms with Crippen LogP contribution in [0.4, 0.5) is 0 Å². The maximum Gasteiger partial charge on any atom is 0.254 e. The van der Waals surface area contributed by atoms with Crippen LogP contribution >= 0.6 is 27.7 Å². The molecule has 1 N–H and O–H groups in total. The number of rotatable bonds is 5. The summed E-state index contributed by atoms with van der Waals surface area (Å²) in [5.41, 5.74) is 3.44. The largest absolute Gasteiger partial charge is 0.493 e. The Morgan fingerprint density at radius 1 is 1.34 bits per heavy atom. The molecule has 0 aliphatic carbocycles. The molecule has 1 aromatic carbocycles. The van der Waals surface area contributed by atoms with E-state index >= 15 is 0 Å². The highest BCUT2D eigenvalue weighted by Gasteiger charge is 2.25. The average Bonchev–Trinajstić information content (AvgIpc) is 3.04. The first-order valence-electron chi connectivity index (χ1n) is 9.25. The Balaban J connectivity index is 1.52. The third kappa shape index (κ3) is 4.33. The van der Waals surface area contributed by atoms with Gasteiger partial charge < -0.3 is 14.6 Å². The number of aryl methyl sites for hydroxylation is 2. The molecule has 0 saturated carbocycles. The van der Waals surface area contributed by atoms with Gasteiger partial charge in [0.25, 0.3) is 5.91 Å². The number of nitrogens with zero attached hydrogens (tertiary/aromatic N) is 2. The molecule has 1 unspecified atom stereocenters. The van der Waals surface area contributed by atoms with Gasteiger partial charge in [0.1, 0.15) is 16.5 Å². The fourth-order valence-electron chi connectivity index (χ4n) is 3.28. The predicted molar refractivity (Wildman–Crippen MR) is 114 cm³/mol. The molecule has 1 aliphatic rings. The maximum atomic E-state index is 13.1. The number of hydrogen-bond donors (Lipinski definition) is 1. The van der Waals surface area contributed by atoms with Crippen molar-refractivity contribution < 1.29 is 14.1 Å². The Bertz CT molecular complexity index is 1030. The first-order chi connectivity index (χ1) is 14.0. The molecule has 29 heavy (non-hydrogen) atoms. The van der Waals surface area contributed by atoms with Crippen molar-refractivity contribution in [2.24, 2.45) is 0 Å². The van der Waals surface area contributed by atoms with Gasteiger partial charge in [-0.15, -0.1) is 11.8 Å². The van der Waals surface area contributed by atoms with Crippen LogP contribution in [-0.4, -0.2) is 22.7 Å². The van der Waals surface area contributed by atoms with Crippen LogP contribution in [0.5, 0.6) is 5.75 Å². The van der Waals surface area contributed by atoms with Gasteiger partial charge in [0, 0.05) is 34.0 Å². The predicted octanol–water partition coefficient (Wildman–Crippen LogP) is 4.99. The van der Waals surface area contributed by atoms with Crippen LogP contribution in [0.15, 0.2) is 50.6 Å². The summed E-state index contributed by atoms with van der Waals surface area (Å²) in [4.78, 5) is 17.5. The molecule has 8 heteroatoms. The summed E-state index contributed by atoms with van der Waals surface area (Å²) in [5.74, 6) is 2.10. The highest BCUT2D eigenvalue weighted by molar-refractivity contribution is 9.10. The molecular weight excluding hydrogens is 454 g/mol. The van der Waals surface area contributed by atoms with E-state index < -0.39 is 0 Å². The SMILES string of the molecule is Cc1noc(C)c1CSc1ncccc1C(=O)NC1CCOc2ccc(Br)cc21. The number of thioether (sulfide) groups is 1. The zero-order valence-corrected chi connectivity index (χ0v) is 18.5.